The molecule has 2 aliphatic carbocycles. The maximum atomic E-state index is 2.46. The number of fused-ring (bicyclic) bond motifs is 4. The van der Waals surface area contributed by atoms with E-state index >= 15 is 0 Å². The molecule has 0 amide bonds. The van der Waals surface area contributed by atoms with Crippen molar-refractivity contribution in [3.05, 3.63) is 94.6 Å². The molecule has 0 radical (unpaired) electrons. The van der Waals surface area contributed by atoms with E-state index in [9.17, 15) is 0 Å². The molecular weight excluding hydrogens is 474 g/mol. The SMILES string of the molecule is CC1=Cc2ccccc2[CH]1[Zr+2](=[C](C)C)[c]1cccc2c1Cc1ccccc1-2.[Cl-].[Cl-]. The molecule has 0 saturated carbocycles. The molecule has 0 aromatic heterocycles. The summed E-state index contributed by atoms with van der Waals surface area (Å²) in [6, 6.07) is 25.1. The van der Waals surface area contributed by atoms with Crippen molar-refractivity contribution >= 4 is 12.6 Å². The predicted molar refractivity (Wildman–Crippen MR) is 114 cm³/mol. The van der Waals surface area contributed by atoms with Crippen LogP contribution >= 0.6 is 0 Å². The summed E-state index contributed by atoms with van der Waals surface area (Å²) in [6.07, 6.45) is 3.54. The normalized spacial score (nSPS) is 15.0. The minimum atomic E-state index is -2.08. The number of rotatable bonds is 2. The van der Waals surface area contributed by atoms with E-state index in [-0.39, 0.29) is 24.8 Å². The standard InChI is InChI=1S/C13H9.C10H9.C3H6.2ClH.Zr/c1-3-7-12-10(5-1)9-11-6-2-4-8-13(11)12;1-8-6-9-4-2-3-5-10(9)7-8;1-3-2;;;/h1-5,7-8H,9H2;2-7H,1H3;1-2H3;2*1H;/q;;;;;+2/p-2. The largest absolute Gasteiger partial charge is 1.00 e. The van der Waals surface area contributed by atoms with E-state index in [0.717, 1.165) is 6.42 Å². The van der Waals surface area contributed by atoms with Gasteiger partial charge in [0.25, 0.3) is 0 Å². The summed E-state index contributed by atoms with van der Waals surface area (Å²) in [5.74, 6) is 0. The maximum absolute atomic E-state index is 2.46. The van der Waals surface area contributed by atoms with Crippen LogP contribution in [0.5, 0.6) is 0 Å². The predicted octanol–water partition coefficient (Wildman–Crippen LogP) is -0.120. The second kappa shape index (κ2) is 8.85. The van der Waals surface area contributed by atoms with E-state index in [0.29, 0.717) is 3.63 Å². The molecule has 0 saturated heterocycles. The van der Waals surface area contributed by atoms with Crippen LogP contribution < -0.4 is 28.1 Å². The summed E-state index contributed by atoms with van der Waals surface area (Å²) in [6.45, 7) is 7.14. The summed E-state index contributed by atoms with van der Waals surface area (Å²) >= 11 is -2.08. The van der Waals surface area contributed by atoms with Crippen LogP contribution in [0.4, 0.5) is 0 Å². The van der Waals surface area contributed by atoms with Gasteiger partial charge in [-0.3, -0.25) is 0 Å². The topological polar surface area (TPSA) is 0 Å². The van der Waals surface area contributed by atoms with Gasteiger partial charge in [-0.05, 0) is 0 Å². The van der Waals surface area contributed by atoms with Gasteiger partial charge in [0.1, 0.15) is 0 Å². The summed E-state index contributed by atoms with van der Waals surface area (Å²) in [5, 5.41) is 0. The summed E-state index contributed by atoms with van der Waals surface area (Å²) in [4.78, 5) is 0. The first-order valence-electron chi connectivity index (χ1n) is 9.80. The van der Waals surface area contributed by atoms with Gasteiger partial charge in [0.2, 0.25) is 0 Å². The molecule has 1 atom stereocenters. The van der Waals surface area contributed by atoms with Gasteiger partial charge < -0.3 is 24.8 Å². The third kappa shape index (κ3) is 3.67. The number of halogens is 2. The zero-order valence-corrected chi connectivity index (χ0v) is 20.9. The third-order valence-corrected chi connectivity index (χ3v) is 14.6. The first kappa shape index (κ1) is 22.4. The fourth-order valence-corrected chi connectivity index (χ4v) is 13.3. The molecule has 0 fully saturated rings. The molecule has 29 heavy (non-hydrogen) atoms. The van der Waals surface area contributed by atoms with Crippen molar-refractivity contribution < 1.29 is 46.1 Å². The molecule has 0 bridgehead atoms. The van der Waals surface area contributed by atoms with Crippen LogP contribution in [0.25, 0.3) is 17.2 Å². The molecule has 146 valence electrons. The van der Waals surface area contributed by atoms with Crippen molar-refractivity contribution in [1.29, 1.82) is 0 Å². The van der Waals surface area contributed by atoms with Crippen molar-refractivity contribution in [1.82, 2.24) is 0 Å². The summed E-state index contributed by atoms with van der Waals surface area (Å²) in [7, 11) is 0. The van der Waals surface area contributed by atoms with Gasteiger partial charge in [0, 0.05) is 0 Å². The van der Waals surface area contributed by atoms with Crippen molar-refractivity contribution in [2.45, 2.75) is 30.8 Å². The van der Waals surface area contributed by atoms with Crippen LogP contribution in [0.1, 0.15) is 46.7 Å². The Bertz CT molecular complexity index is 1140. The van der Waals surface area contributed by atoms with E-state index in [1.807, 2.05) is 0 Å². The molecule has 0 N–H and O–H groups in total. The van der Waals surface area contributed by atoms with Gasteiger partial charge in [-0.1, -0.05) is 0 Å². The number of allylic oxidation sites excluding steroid dienone is 1. The zero-order chi connectivity index (χ0) is 18.5. The molecule has 1 unspecified atom stereocenters. The third-order valence-electron chi connectivity index (χ3n) is 6.11. The van der Waals surface area contributed by atoms with Crippen LogP contribution in [0.15, 0.2) is 72.3 Å². The van der Waals surface area contributed by atoms with Gasteiger partial charge in [0.05, 0.1) is 0 Å². The summed E-state index contributed by atoms with van der Waals surface area (Å²) < 4.78 is 4.04. The van der Waals surface area contributed by atoms with Crippen LogP contribution in [0.3, 0.4) is 0 Å². The summed E-state index contributed by atoms with van der Waals surface area (Å²) in [5.41, 5.74) is 10.6. The van der Waals surface area contributed by atoms with Crippen LogP contribution in [-0.4, -0.2) is 3.21 Å². The maximum Gasteiger partial charge on any atom is -1.00 e. The van der Waals surface area contributed by atoms with Gasteiger partial charge in [0.15, 0.2) is 0 Å². The Morgan fingerprint density at radius 3 is 2.31 bits per heavy atom. The molecule has 0 heterocycles. The first-order chi connectivity index (χ1) is 13.1. The number of hydrogen-bond donors (Lipinski definition) is 0. The zero-order valence-electron chi connectivity index (χ0n) is 17.0. The Hall–Kier alpha value is -1.27. The minimum Gasteiger partial charge on any atom is -1.00 e. The van der Waals surface area contributed by atoms with E-state index in [1.54, 1.807) is 23.2 Å². The van der Waals surface area contributed by atoms with E-state index in [2.05, 4.69) is 93.6 Å². The number of hydrogen-bond acceptors (Lipinski definition) is 0. The quantitative estimate of drug-likeness (QED) is 0.362. The molecule has 2 aliphatic rings. The molecule has 3 heteroatoms. The van der Waals surface area contributed by atoms with E-state index in [4.69, 9.17) is 0 Å². The monoisotopic (exact) mass is 496 g/mol. The van der Waals surface area contributed by atoms with Gasteiger partial charge in [-0.25, -0.2) is 0 Å². The van der Waals surface area contributed by atoms with Crippen LogP contribution in [0.2, 0.25) is 0 Å². The molecule has 5 rings (SSSR count). The second-order valence-electron chi connectivity index (χ2n) is 8.03. The Labute approximate surface area is 194 Å². The Morgan fingerprint density at radius 2 is 1.52 bits per heavy atom. The molecule has 0 spiro atoms. The van der Waals surface area contributed by atoms with Gasteiger partial charge in [-0.2, -0.15) is 0 Å². The van der Waals surface area contributed by atoms with Crippen molar-refractivity contribution in [3.63, 3.8) is 0 Å². The first-order valence-corrected chi connectivity index (χ1v) is 13.7. The van der Waals surface area contributed by atoms with Crippen LogP contribution in [0, 0.1) is 0 Å². The van der Waals surface area contributed by atoms with Crippen molar-refractivity contribution in [3.8, 4) is 11.1 Å². The molecular formula is C26H24Cl2Zr. The Morgan fingerprint density at radius 1 is 0.828 bits per heavy atom. The second-order valence-corrected chi connectivity index (χ2v) is 15.3. The fourth-order valence-electron chi connectivity index (χ4n) is 4.99. The Balaban J connectivity index is 0.00000120. The van der Waals surface area contributed by atoms with E-state index in [1.165, 1.54) is 22.3 Å². The number of benzene rings is 3. The molecule has 3 aromatic rings. The van der Waals surface area contributed by atoms with Crippen molar-refractivity contribution in [2.75, 3.05) is 0 Å². The van der Waals surface area contributed by atoms with E-state index < -0.39 is 21.3 Å². The van der Waals surface area contributed by atoms with Crippen molar-refractivity contribution in [2.24, 2.45) is 0 Å². The molecule has 0 nitrogen and oxygen atoms in total. The minimum absolute atomic E-state index is 0. The molecule has 3 aromatic carbocycles. The van der Waals surface area contributed by atoms with Gasteiger partial charge >= 0.3 is 170 Å². The fraction of sp³-hybridized carbons (Fsp3) is 0.192. The van der Waals surface area contributed by atoms with Gasteiger partial charge in [-0.15, -0.1) is 0 Å². The smallest absolute Gasteiger partial charge is 1.00 e. The average molecular weight is 499 g/mol. The molecule has 0 aliphatic heterocycles. The average Bonchev–Trinajstić information content (AvgIpc) is 3.20. The Kier molecular flexibility index (Phi) is 6.84. The van der Waals surface area contributed by atoms with Crippen LogP contribution in [-0.2, 0) is 27.7 Å².